The number of aromatic nitrogens is 1. The van der Waals surface area contributed by atoms with Gasteiger partial charge >= 0.3 is 6.03 Å². The summed E-state index contributed by atoms with van der Waals surface area (Å²) >= 11 is 0. The Hall–Kier alpha value is -2.56. The molecule has 0 radical (unpaired) electrons. The fraction of sp³-hybridized carbons (Fsp3) is 0.400. The first kappa shape index (κ1) is 15.9. The van der Waals surface area contributed by atoms with Crippen LogP contribution in [0.25, 0.3) is 0 Å². The van der Waals surface area contributed by atoms with Crippen LogP contribution < -0.4 is 10.1 Å². The summed E-state index contributed by atoms with van der Waals surface area (Å²) in [5, 5.41) is 3.05. The Bertz CT molecular complexity index is 736. The molecule has 2 atom stereocenters. The third-order valence-electron chi connectivity index (χ3n) is 5.12. The van der Waals surface area contributed by atoms with Crippen molar-refractivity contribution in [1.82, 2.24) is 9.88 Å². The molecule has 2 amide bonds. The number of pyridine rings is 1. The minimum Gasteiger partial charge on any atom is -0.474 e. The van der Waals surface area contributed by atoms with Gasteiger partial charge in [0.25, 0.3) is 0 Å². The van der Waals surface area contributed by atoms with E-state index in [-0.39, 0.29) is 24.2 Å². The number of benzene rings is 1. The number of aryl methyl sites for hydroxylation is 1. The van der Waals surface area contributed by atoms with E-state index in [1.165, 1.54) is 0 Å². The van der Waals surface area contributed by atoms with Gasteiger partial charge in [-0.15, -0.1) is 0 Å². The van der Waals surface area contributed by atoms with Crippen LogP contribution in [0.3, 0.4) is 0 Å². The second-order valence-electron chi connectivity index (χ2n) is 6.97. The van der Waals surface area contributed by atoms with E-state index < -0.39 is 0 Å². The first-order valence-corrected chi connectivity index (χ1v) is 8.93. The largest absolute Gasteiger partial charge is 0.474 e. The van der Waals surface area contributed by atoms with Crippen molar-refractivity contribution in [2.24, 2.45) is 0 Å². The Morgan fingerprint density at radius 1 is 1.16 bits per heavy atom. The Morgan fingerprint density at radius 2 is 1.96 bits per heavy atom. The SMILES string of the molecule is Cc1cccc(NC(=O)N2[C@H]3CC[C@H]2CC(Oc2ccccn2)C3)c1. The van der Waals surface area contributed by atoms with Crippen molar-refractivity contribution in [2.45, 2.75) is 50.8 Å². The van der Waals surface area contributed by atoms with Gasteiger partial charge in [-0.3, -0.25) is 0 Å². The summed E-state index contributed by atoms with van der Waals surface area (Å²) in [6.45, 7) is 2.03. The monoisotopic (exact) mass is 337 g/mol. The number of carbonyl (C=O) groups is 1. The van der Waals surface area contributed by atoms with Crippen molar-refractivity contribution < 1.29 is 9.53 Å². The number of rotatable bonds is 3. The molecule has 0 unspecified atom stereocenters. The Kier molecular flexibility index (Phi) is 4.30. The van der Waals surface area contributed by atoms with Crippen LogP contribution in [0.2, 0.25) is 0 Å². The highest BCUT2D eigenvalue weighted by molar-refractivity contribution is 5.90. The van der Waals surface area contributed by atoms with Gasteiger partial charge in [0, 0.05) is 42.9 Å². The zero-order valence-electron chi connectivity index (χ0n) is 14.4. The van der Waals surface area contributed by atoms with E-state index in [1.807, 2.05) is 54.3 Å². The normalized spacial score (nSPS) is 24.8. The van der Waals surface area contributed by atoms with E-state index in [1.54, 1.807) is 6.20 Å². The minimum atomic E-state index is 0.00869. The molecule has 1 aromatic heterocycles. The van der Waals surface area contributed by atoms with Crippen LogP contribution in [-0.4, -0.2) is 34.1 Å². The van der Waals surface area contributed by atoms with E-state index in [4.69, 9.17) is 4.74 Å². The lowest BCUT2D eigenvalue weighted by Crippen LogP contribution is -2.50. The maximum atomic E-state index is 12.8. The number of nitrogens with zero attached hydrogens (tertiary/aromatic N) is 2. The lowest BCUT2D eigenvalue weighted by Gasteiger charge is -2.38. The van der Waals surface area contributed by atoms with Crippen molar-refractivity contribution in [2.75, 3.05) is 5.32 Å². The van der Waals surface area contributed by atoms with E-state index in [2.05, 4.69) is 10.3 Å². The lowest BCUT2D eigenvalue weighted by molar-refractivity contribution is 0.0704. The molecule has 25 heavy (non-hydrogen) atoms. The average molecular weight is 337 g/mol. The standard InChI is InChI=1S/C20H23N3O2/c1-14-5-4-6-15(11-14)22-20(24)23-16-8-9-17(23)13-18(12-16)25-19-7-2-3-10-21-19/h2-7,10-11,16-18H,8-9,12-13H2,1H3,(H,22,24)/t16-,17-/m0/s1. The van der Waals surface area contributed by atoms with Crippen molar-refractivity contribution in [3.8, 4) is 5.88 Å². The summed E-state index contributed by atoms with van der Waals surface area (Å²) in [4.78, 5) is 19.0. The molecule has 3 heterocycles. The number of urea groups is 1. The third kappa shape index (κ3) is 3.45. The highest BCUT2D eigenvalue weighted by Crippen LogP contribution is 2.37. The van der Waals surface area contributed by atoms with Gasteiger partial charge in [0.2, 0.25) is 5.88 Å². The summed E-state index contributed by atoms with van der Waals surface area (Å²) in [6.07, 6.45) is 5.72. The fourth-order valence-electron chi connectivity index (χ4n) is 4.05. The zero-order chi connectivity index (χ0) is 17.2. The predicted octanol–water partition coefficient (Wildman–Crippen LogP) is 4.00. The Morgan fingerprint density at radius 3 is 2.64 bits per heavy atom. The van der Waals surface area contributed by atoms with Gasteiger partial charge in [0.15, 0.2) is 0 Å². The van der Waals surface area contributed by atoms with Gasteiger partial charge in [0.1, 0.15) is 6.10 Å². The quantitative estimate of drug-likeness (QED) is 0.921. The molecule has 5 nitrogen and oxygen atoms in total. The summed E-state index contributed by atoms with van der Waals surface area (Å²) < 4.78 is 6.03. The lowest BCUT2D eigenvalue weighted by atomic mass is 10.00. The van der Waals surface area contributed by atoms with Gasteiger partial charge < -0.3 is 15.0 Å². The summed E-state index contributed by atoms with van der Waals surface area (Å²) in [6, 6.07) is 14.1. The van der Waals surface area contributed by atoms with E-state index in [9.17, 15) is 4.79 Å². The molecule has 1 aromatic carbocycles. The number of piperidine rings is 1. The van der Waals surface area contributed by atoms with E-state index >= 15 is 0 Å². The number of carbonyl (C=O) groups excluding carboxylic acids is 1. The van der Waals surface area contributed by atoms with Crippen LogP contribution in [0.15, 0.2) is 48.7 Å². The number of hydrogen-bond donors (Lipinski definition) is 1. The van der Waals surface area contributed by atoms with E-state index in [0.29, 0.717) is 5.88 Å². The first-order chi connectivity index (χ1) is 12.2. The Balaban J connectivity index is 1.41. The minimum absolute atomic E-state index is 0.00869. The average Bonchev–Trinajstić information content (AvgIpc) is 2.87. The van der Waals surface area contributed by atoms with Crippen LogP contribution in [0.1, 0.15) is 31.2 Å². The molecule has 2 aliphatic heterocycles. The molecule has 0 aliphatic carbocycles. The van der Waals surface area contributed by atoms with Crippen LogP contribution in [0.4, 0.5) is 10.5 Å². The molecule has 2 saturated heterocycles. The third-order valence-corrected chi connectivity index (χ3v) is 5.12. The molecule has 2 bridgehead atoms. The second-order valence-corrected chi connectivity index (χ2v) is 6.97. The van der Waals surface area contributed by atoms with Crippen molar-refractivity contribution in [3.05, 3.63) is 54.2 Å². The molecule has 5 heteroatoms. The van der Waals surface area contributed by atoms with Crippen LogP contribution in [0.5, 0.6) is 5.88 Å². The summed E-state index contributed by atoms with van der Waals surface area (Å²) in [5.74, 6) is 0.671. The maximum absolute atomic E-state index is 12.8. The molecule has 2 aliphatic rings. The molecule has 4 rings (SSSR count). The van der Waals surface area contributed by atoms with Crippen molar-refractivity contribution >= 4 is 11.7 Å². The smallest absolute Gasteiger partial charge is 0.322 e. The molecule has 130 valence electrons. The van der Waals surface area contributed by atoms with Crippen LogP contribution in [0, 0.1) is 6.92 Å². The number of fused-ring (bicyclic) bond motifs is 2. The fourth-order valence-corrected chi connectivity index (χ4v) is 4.05. The maximum Gasteiger partial charge on any atom is 0.322 e. The van der Waals surface area contributed by atoms with Crippen molar-refractivity contribution in [1.29, 1.82) is 0 Å². The Labute approximate surface area is 148 Å². The highest BCUT2D eigenvalue weighted by Gasteiger charge is 2.44. The number of ether oxygens (including phenoxy) is 1. The van der Waals surface area contributed by atoms with Gasteiger partial charge in [-0.1, -0.05) is 18.2 Å². The number of hydrogen-bond acceptors (Lipinski definition) is 3. The van der Waals surface area contributed by atoms with Crippen molar-refractivity contribution in [3.63, 3.8) is 0 Å². The molecule has 0 spiro atoms. The highest BCUT2D eigenvalue weighted by atomic mass is 16.5. The van der Waals surface area contributed by atoms with Crippen LogP contribution >= 0.6 is 0 Å². The summed E-state index contributed by atoms with van der Waals surface area (Å²) in [5.41, 5.74) is 2.00. The number of anilines is 1. The zero-order valence-corrected chi connectivity index (χ0v) is 14.4. The number of nitrogens with one attached hydrogen (secondary N) is 1. The van der Waals surface area contributed by atoms with Crippen LogP contribution in [-0.2, 0) is 0 Å². The molecule has 2 fully saturated rings. The predicted molar refractivity (Wildman–Crippen MR) is 96.7 cm³/mol. The molecule has 2 aromatic rings. The van der Waals surface area contributed by atoms with Gasteiger partial charge in [-0.2, -0.15) is 0 Å². The summed E-state index contributed by atoms with van der Waals surface area (Å²) in [7, 11) is 0. The van der Waals surface area contributed by atoms with E-state index in [0.717, 1.165) is 36.9 Å². The molecule has 0 saturated carbocycles. The van der Waals surface area contributed by atoms with Gasteiger partial charge in [-0.05, 0) is 43.5 Å². The second kappa shape index (κ2) is 6.75. The molecular formula is C20H23N3O2. The molecule has 1 N–H and O–H groups in total. The number of amides is 2. The first-order valence-electron chi connectivity index (χ1n) is 8.93. The van der Waals surface area contributed by atoms with Gasteiger partial charge in [-0.25, -0.2) is 9.78 Å². The van der Waals surface area contributed by atoms with Gasteiger partial charge in [0.05, 0.1) is 0 Å². The topological polar surface area (TPSA) is 54.5 Å². The molecular weight excluding hydrogens is 314 g/mol.